The lowest BCUT2D eigenvalue weighted by molar-refractivity contribution is -0.487. The van der Waals surface area contributed by atoms with Gasteiger partial charge >= 0.3 is 89.1 Å². The van der Waals surface area contributed by atoms with Crippen LogP contribution in [0.5, 0.6) is 0 Å². The van der Waals surface area contributed by atoms with Crippen LogP contribution >= 0.6 is 0 Å². The number of alkyl halides is 29. The summed E-state index contributed by atoms with van der Waals surface area (Å²) in [4.78, 5) is 10.4. The minimum Gasteiger partial charge on any atom is -0.478 e. The molecule has 0 aromatic rings. The van der Waals surface area contributed by atoms with Gasteiger partial charge in [0.15, 0.2) is 0 Å². The van der Waals surface area contributed by atoms with Crippen LogP contribution in [0.3, 0.4) is 0 Å². The third-order valence-corrected chi connectivity index (χ3v) is 6.20. The second-order valence-corrected chi connectivity index (χ2v) is 9.50. The highest BCUT2D eigenvalue weighted by molar-refractivity contribution is 5.85. The van der Waals surface area contributed by atoms with Gasteiger partial charge in [-0.15, -0.1) is 0 Å². The fraction of sp³-hybridized carbons (Fsp3) is 0.842. The molecule has 0 saturated heterocycles. The Kier molecular flexibility index (Phi) is 11.2. The molecule has 0 bridgehead atoms. The van der Waals surface area contributed by atoms with Crippen molar-refractivity contribution >= 4 is 5.97 Å². The highest BCUT2D eigenvalue weighted by Gasteiger charge is 3.00. The highest BCUT2D eigenvalue weighted by Crippen LogP contribution is 2.69. The van der Waals surface area contributed by atoms with Gasteiger partial charge in [-0.2, -0.15) is 127 Å². The van der Waals surface area contributed by atoms with Crippen molar-refractivity contribution in [3.8, 4) is 0 Å². The van der Waals surface area contributed by atoms with E-state index in [1.165, 1.54) is 0 Å². The van der Waals surface area contributed by atoms with Crippen LogP contribution in [-0.4, -0.2) is 94.2 Å². The summed E-state index contributed by atoms with van der Waals surface area (Å²) in [6.07, 6.45) is -13.8. The molecule has 0 heterocycles. The maximum Gasteiger partial charge on any atom is 0.460 e. The van der Waals surface area contributed by atoms with Gasteiger partial charge in [0.05, 0.1) is 0 Å². The lowest BCUT2D eigenvalue weighted by Crippen LogP contribution is -2.79. The molecule has 31 heteroatoms. The smallest absolute Gasteiger partial charge is 0.460 e. The first-order chi connectivity index (χ1) is 21.1. The molecule has 50 heavy (non-hydrogen) atoms. The number of carboxylic acids is 1. The van der Waals surface area contributed by atoms with E-state index in [0.717, 1.165) is 0 Å². The molecule has 0 amide bonds. The Bertz CT molecular complexity index is 1290. The summed E-state index contributed by atoms with van der Waals surface area (Å²) < 4.78 is 390. The molecular weight excluding hydrogens is 811 g/mol. The summed E-state index contributed by atoms with van der Waals surface area (Å²) in [5.41, 5.74) is -1.72. The summed E-state index contributed by atoms with van der Waals surface area (Å²) in [6, 6.07) is 0. The van der Waals surface area contributed by atoms with Gasteiger partial charge in [0.25, 0.3) is 0 Å². The Morgan fingerprint density at radius 3 is 0.720 bits per heavy atom. The lowest BCUT2D eigenvalue weighted by Gasteiger charge is -2.46. The Labute approximate surface area is 252 Å². The van der Waals surface area contributed by atoms with E-state index < -0.39 is 108 Å². The van der Waals surface area contributed by atoms with Crippen molar-refractivity contribution in [1.82, 2.24) is 0 Å². The summed E-state index contributed by atoms with van der Waals surface area (Å²) >= 11 is 0. The van der Waals surface area contributed by atoms with Gasteiger partial charge < -0.3 is 5.11 Å². The third kappa shape index (κ3) is 5.72. The third-order valence-electron chi connectivity index (χ3n) is 6.20. The van der Waals surface area contributed by atoms with Crippen LogP contribution in [-0.2, 0) is 4.79 Å². The standard InChI is InChI=1S/C19H7F29O2/c1-4(5(49)50)2-3-6(20,21)7(22,23)8(24,25)9(26,27)10(28,29)11(30,31)12(32,33)13(34,35)14(36,37)15(38,39)16(40,41)17(42,43)18(44,45)19(46,47)48/h1-3H2,(H,49,50). The molecule has 0 aliphatic rings. The zero-order valence-electron chi connectivity index (χ0n) is 21.9. The molecule has 0 fully saturated rings. The molecule has 2 nitrogen and oxygen atoms in total. The Hall–Kier alpha value is -2.82. The SMILES string of the molecule is C=C(CCC(F)(F)C(F)(F)C(F)(F)C(F)(F)C(F)(F)C(F)(F)C(F)(F)C(F)(F)C(F)(F)C(F)(F)C(F)(F)C(F)(F)C(F)(F)C(F)(F)F)C(=O)O. The van der Waals surface area contributed by atoms with Crippen molar-refractivity contribution in [2.75, 3.05) is 0 Å². The lowest BCUT2D eigenvalue weighted by atomic mass is 9.83. The number of hydrogen-bond acceptors (Lipinski definition) is 1. The Balaban J connectivity index is 7.46. The molecule has 0 spiro atoms. The van der Waals surface area contributed by atoms with E-state index >= 15 is 0 Å². The first-order valence-electron chi connectivity index (χ1n) is 11.0. The predicted molar refractivity (Wildman–Crippen MR) is 96.4 cm³/mol. The first kappa shape index (κ1) is 47.2. The van der Waals surface area contributed by atoms with Gasteiger partial charge in [-0.1, -0.05) is 6.58 Å². The fourth-order valence-corrected chi connectivity index (χ4v) is 2.95. The monoisotopic (exact) mass is 818 g/mol. The van der Waals surface area contributed by atoms with E-state index in [-0.39, 0.29) is 0 Å². The van der Waals surface area contributed by atoms with Crippen molar-refractivity contribution in [2.45, 2.75) is 96.0 Å². The van der Waals surface area contributed by atoms with Gasteiger partial charge in [-0.3, -0.25) is 0 Å². The Morgan fingerprint density at radius 1 is 0.360 bits per heavy atom. The van der Waals surface area contributed by atoms with E-state index in [0.29, 0.717) is 0 Å². The van der Waals surface area contributed by atoms with Crippen molar-refractivity contribution in [3.05, 3.63) is 12.2 Å². The maximum absolute atomic E-state index is 13.8. The van der Waals surface area contributed by atoms with Crippen molar-refractivity contribution in [2.24, 2.45) is 0 Å². The molecule has 0 unspecified atom stereocenters. The second-order valence-electron chi connectivity index (χ2n) is 9.50. The van der Waals surface area contributed by atoms with E-state index in [2.05, 4.69) is 6.58 Å². The molecule has 0 atom stereocenters. The van der Waals surface area contributed by atoms with Gasteiger partial charge in [-0.05, 0) is 6.42 Å². The van der Waals surface area contributed by atoms with Crippen LogP contribution in [0.1, 0.15) is 12.8 Å². The molecule has 0 aromatic heterocycles. The minimum absolute atomic E-state index is 1.72. The van der Waals surface area contributed by atoms with E-state index in [9.17, 15) is 132 Å². The van der Waals surface area contributed by atoms with E-state index in [1.54, 1.807) is 0 Å². The molecule has 0 aliphatic carbocycles. The largest absolute Gasteiger partial charge is 0.478 e. The fourth-order valence-electron chi connectivity index (χ4n) is 2.95. The number of halogens is 29. The van der Waals surface area contributed by atoms with Crippen LogP contribution in [0.15, 0.2) is 12.2 Å². The van der Waals surface area contributed by atoms with E-state index in [1.807, 2.05) is 0 Å². The van der Waals surface area contributed by atoms with Crippen molar-refractivity contribution in [3.63, 3.8) is 0 Å². The van der Waals surface area contributed by atoms with Gasteiger partial charge in [0.1, 0.15) is 0 Å². The summed E-state index contributed by atoms with van der Waals surface area (Å²) in [6.45, 7) is 2.28. The van der Waals surface area contributed by atoms with Crippen LogP contribution in [0.25, 0.3) is 0 Å². The summed E-state index contributed by atoms with van der Waals surface area (Å²) in [5, 5.41) is 8.30. The molecule has 0 aromatic carbocycles. The minimum atomic E-state index is -9.97. The molecule has 1 N–H and O–H groups in total. The van der Waals surface area contributed by atoms with Crippen LogP contribution in [0, 0.1) is 0 Å². The molecule has 0 radical (unpaired) electrons. The average molecular weight is 818 g/mol. The number of carboxylic acid groups (broad SMARTS) is 1. The zero-order valence-corrected chi connectivity index (χ0v) is 21.9. The van der Waals surface area contributed by atoms with Crippen LogP contribution < -0.4 is 0 Å². The zero-order chi connectivity index (χ0) is 41.6. The number of carbonyl (C=O) groups is 1. The first-order valence-corrected chi connectivity index (χ1v) is 11.0. The van der Waals surface area contributed by atoms with Gasteiger partial charge in [0, 0.05) is 12.0 Å². The summed E-state index contributed by atoms with van der Waals surface area (Å²) in [7, 11) is 0. The van der Waals surface area contributed by atoms with Gasteiger partial charge in [-0.25, -0.2) is 4.79 Å². The number of hydrogen-bond donors (Lipinski definition) is 1. The Morgan fingerprint density at radius 2 is 0.540 bits per heavy atom. The predicted octanol–water partition coefficient (Wildman–Crippen LogP) is 10.2. The molecule has 298 valence electrons. The van der Waals surface area contributed by atoms with Crippen molar-refractivity contribution in [1.29, 1.82) is 0 Å². The topological polar surface area (TPSA) is 37.3 Å². The number of aliphatic carboxylic acids is 1. The molecule has 0 aliphatic heterocycles. The maximum atomic E-state index is 13.8. The van der Waals surface area contributed by atoms with Gasteiger partial charge in [0.2, 0.25) is 0 Å². The highest BCUT2D eigenvalue weighted by atomic mass is 19.4. The van der Waals surface area contributed by atoms with Crippen molar-refractivity contribution < 1.29 is 137 Å². The van der Waals surface area contributed by atoms with Crippen LogP contribution in [0.4, 0.5) is 127 Å². The average Bonchev–Trinajstić information content (AvgIpc) is 2.89. The molecule has 0 saturated carbocycles. The molecular formula is C19H7F29O2. The van der Waals surface area contributed by atoms with Crippen LogP contribution in [0.2, 0.25) is 0 Å². The normalized spacial score (nSPS) is 16.5. The quantitative estimate of drug-likeness (QED) is 0.124. The number of rotatable bonds is 16. The second kappa shape index (κ2) is 11.9. The summed E-state index contributed by atoms with van der Waals surface area (Å²) in [5.74, 6) is -124. The van der Waals surface area contributed by atoms with E-state index in [4.69, 9.17) is 5.11 Å². The molecule has 0 rings (SSSR count).